The second-order valence-corrected chi connectivity index (χ2v) is 5.57. The fourth-order valence-corrected chi connectivity index (χ4v) is 2.64. The maximum Gasteiger partial charge on any atom is 0.251 e. The van der Waals surface area contributed by atoms with Crippen LogP contribution in [0.3, 0.4) is 0 Å². The summed E-state index contributed by atoms with van der Waals surface area (Å²) in [7, 11) is 1.64. The number of amides is 1. The minimum Gasteiger partial charge on any atom is -0.496 e. The van der Waals surface area contributed by atoms with Crippen molar-refractivity contribution < 1.29 is 9.53 Å². The first-order valence-corrected chi connectivity index (χ1v) is 7.30. The average Bonchev–Trinajstić information content (AvgIpc) is 3.36. The average molecular weight is 284 g/mol. The third-order valence-corrected chi connectivity index (χ3v) is 4.07. The molecule has 3 N–H and O–H groups in total. The first-order valence-electron chi connectivity index (χ1n) is 7.30. The van der Waals surface area contributed by atoms with Crippen LogP contribution in [0.5, 0.6) is 5.75 Å². The van der Waals surface area contributed by atoms with Crippen molar-refractivity contribution in [3.63, 3.8) is 0 Å². The molecule has 0 heterocycles. The SMILES string of the molecule is COc1ccc(C(=O)NCC(N)C2CC2)c2ccccc12. The molecule has 4 nitrogen and oxygen atoms in total. The molecule has 1 aliphatic rings. The number of benzene rings is 2. The van der Waals surface area contributed by atoms with E-state index >= 15 is 0 Å². The van der Waals surface area contributed by atoms with Crippen LogP contribution in [0.15, 0.2) is 36.4 Å². The number of hydrogen-bond donors (Lipinski definition) is 2. The van der Waals surface area contributed by atoms with Gasteiger partial charge in [0.2, 0.25) is 0 Å². The smallest absolute Gasteiger partial charge is 0.251 e. The van der Waals surface area contributed by atoms with E-state index in [1.54, 1.807) is 13.2 Å². The summed E-state index contributed by atoms with van der Waals surface area (Å²) < 4.78 is 5.35. The van der Waals surface area contributed by atoms with E-state index in [-0.39, 0.29) is 11.9 Å². The molecule has 0 aliphatic heterocycles. The Kier molecular flexibility index (Phi) is 3.80. The molecule has 0 saturated heterocycles. The largest absolute Gasteiger partial charge is 0.496 e. The minimum absolute atomic E-state index is 0.0680. The highest BCUT2D eigenvalue weighted by molar-refractivity contribution is 6.08. The molecule has 0 bridgehead atoms. The van der Waals surface area contributed by atoms with Gasteiger partial charge in [0.05, 0.1) is 7.11 Å². The van der Waals surface area contributed by atoms with Gasteiger partial charge < -0.3 is 15.8 Å². The molecule has 1 fully saturated rings. The molecule has 110 valence electrons. The number of nitrogens with two attached hydrogens (primary N) is 1. The van der Waals surface area contributed by atoms with Crippen molar-refractivity contribution in [2.45, 2.75) is 18.9 Å². The third-order valence-electron chi connectivity index (χ3n) is 4.07. The highest BCUT2D eigenvalue weighted by Crippen LogP contribution is 2.31. The van der Waals surface area contributed by atoms with Crippen molar-refractivity contribution in [3.05, 3.63) is 42.0 Å². The zero-order valence-corrected chi connectivity index (χ0v) is 12.1. The lowest BCUT2D eigenvalue weighted by Gasteiger charge is -2.13. The van der Waals surface area contributed by atoms with E-state index in [0.29, 0.717) is 18.0 Å². The molecule has 1 saturated carbocycles. The van der Waals surface area contributed by atoms with Crippen LogP contribution in [0.1, 0.15) is 23.2 Å². The fourth-order valence-electron chi connectivity index (χ4n) is 2.64. The van der Waals surface area contributed by atoms with Crippen LogP contribution in [0.25, 0.3) is 10.8 Å². The summed E-state index contributed by atoms with van der Waals surface area (Å²) >= 11 is 0. The third kappa shape index (κ3) is 2.85. The molecule has 4 heteroatoms. The number of methoxy groups -OCH3 is 1. The predicted octanol–water partition coefficient (Wildman–Crippen LogP) is 2.32. The maximum absolute atomic E-state index is 12.4. The van der Waals surface area contributed by atoms with Crippen LogP contribution < -0.4 is 15.8 Å². The number of rotatable bonds is 5. The van der Waals surface area contributed by atoms with E-state index < -0.39 is 0 Å². The molecular weight excluding hydrogens is 264 g/mol. The van der Waals surface area contributed by atoms with Gasteiger partial charge in [-0.25, -0.2) is 0 Å². The normalized spacial score (nSPS) is 15.7. The Labute approximate surface area is 124 Å². The second kappa shape index (κ2) is 5.74. The van der Waals surface area contributed by atoms with Gasteiger partial charge in [0.15, 0.2) is 0 Å². The lowest BCUT2D eigenvalue weighted by Crippen LogP contribution is -2.38. The molecule has 1 aliphatic carbocycles. The fraction of sp³-hybridized carbons (Fsp3) is 0.353. The van der Waals surface area contributed by atoms with E-state index in [1.807, 2.05) is 30.3 Å². The van der Waals surface area contributed by atoms with Crippen LogP contribution in [0.2, 0.25) is 0 Å². The lowest BCUT2D eigenvalue weighted by molar-refractivity contribution is 0.0952. The van der Waals surface area contributed by atoms with E-state index in [4.69, 9.17) is 10.5 Å². The molecule has 0 radical (unpaired) electrons. The maximum atomic E-state index is 12.4. The minimum atomic E-state index is -0.0787. The van der Waals surface area contributed by atoms with Gasteiger partial charge in [-0.1, -0.05) is 24.3 Å². The van der Waals surface area contributed by atoms with Crippen molar-refractivity contribution in [3.8, 4) is 5.75 Å². The van der Waals surface area contributed by atoms with Gasteiger partial charge in [-0.15, -0.1) is 0 Å². The highest BCUT2D eigenvalue weighted by atomic mass is 16.5. The summed E-state index contributed by atoms with van der Waals surface area (Å²) in [6.07, 6.45) is 2.37. The number of fused-ring (bicyclic) bond motifs is 1. The van der Waals surface area contributed by atoms with Crippen molar-refractivity contribution in [1.29, 1.82) is 0 Å². The Morgan fingerprint density at radius 2 is 2.00 bits per heavy atom. The molecule has 3 rings (SSSR count). The van der Waals surface area contributed by atoms with Crippen molar-refractivity contribution >= 4 is 16.7 Å². The molecule has 0 aromatic heterocycles. The van der Waals surface area contributed by atoms with Gasteiger partial charge in [0.1, 0.15) is 5.75 Å². The summed E-state index contributed by atoms with van der Waals surface area (Å²) in [5, 5.41) is 4.79. The van der Waals surface area contributed by atoms with Gasteiger partial charge in [-0.3, -0.25) is 4.79 Å². The Bertz CT molecular complexity index is 665. The van der Waals surface area contributed by atoms with Gasteiger partial charge in [0.25, 0.3) is 5.91 Å². The number of ether oxygens (including phenoxy) is 1. The highest BCUT2D eigenvalue weighted by Gasteiger charge is 2.28. The Morgan fingerprint density at radius 1 is 1.29 bits per heavy atom. The molecule has 21 heavy (non-hydrogen) atoms. The summed E-state index contributed by atoms with van der Waals surface area (Å²) in [6, 6.07) is 11.5. The summed E-state index contributed by atoms with van der Waals surface area (Å²) in [6.45, 7) is 0.532. The van der Waals surface area contributed by atoms with Crippen molar-refractivity contribution in [1.82, 2.24) is 5.32 Å². The van der Waals surface area contributed by atoms with Crippen molar-refractivity contribution in [2.24, 2.45) is 11.7 Å². The molecule has 2 aromatic rings. The zero-order chi connectivity index (χ0) is 14.8. The van der Waals surface area contributed by atoms with Crippen LogP contribution in [-0.4, -0.2) is 25.6 Å². The first-order chi connectivity index (χ1) is 10.2. The lowest BCUT2D eigenvalue weighted by atomic mass is 10.0. The van der Waals surface area contributed by atoms with E-state index in [0.717, 1.165) is 16.5 Å². The topological polar surface area (TPSA) is 64.3 Å². The first kappa shape index (κ1) is 13.9. The number of hydrogen-bond acceptors (Lipinski definition) is 3. The van der Waals surface area contributed by atoms with Gasteiger partial charge in [0, 0.05) is 23.5 Å². The van der Waals surface area contributed by atoms with E-state index in [9.17, 15) is 4.79 Å². The Hall–Kier alpha value is -2.07. The van der Waals surface area contributed by atoms with Crippen molar-refractivity contribution in [2.75, 3.05) is 13.7 Å². The summed E-state index contributed by atoms with van der Waals surface area (Å²) in [5.41, 5.74) is 6.69. The molecule has 1 atom stereocenters. The second-order valence-electron chi connectivity index (χ2n) is 5.57. The van der Waals surface area contributed by atoms with Crippen LogP contribution >= 0.6 is 0 Å². The van der Waals surface area contributed by atoms with Gasteiger partial charge in [-0.2, -0.15) is 0 Å². The Morgan fingerprint density at radius 3 is 2.67 bits per heavy atom. The summed E-state index contributed by atoms with van der Waals surface area (Å²) in [4.78, 5) is 12.4. The molecule has 1 amide bonds. The molecular formula is C17H20N2O2. The molecule has 1 unspecified atom stereocenters. The number of nitrogens with one attached hydrogen (secondary N) is 1. The molecule has 0 spiro atoms. The predicted molar refractivity (Wildman–Crippen MR) is 83.5 cm³/mol. The van der Waals surface area contributed by atoms with Crippen LogP contribution in [0.4, 0.5) is 0 Å². The summed E-state index contributed by atoms with van der Waals surface area (Å²) in [5.74, 6) is 1.28. The van der Waals surface area contributed by atoms with Gasteiger partial charge in [-0.05, 0) is 36.3 Å². The number of carbonyl (C=O) groups is 1. The zero-order valence-electron chi connectivity index (χ0n) is 12.1. The van der Waals surface area contributed by atoms with E-state index in [2.05, 4.69) is 5.32 Å². The van der Waals surface area contributed by atoms with E-state index in [1.165, 1.54) is 12.8 Å². The van der Waals surface area contributed by atoms with Crippen LogP contribution in [-0.2, 0) is 0 Å². The number of carbonyl (C=O) groups excluding carboxylic acids is 1. The monoisotopic (exact) mass is 284 g/mol. The molecule has 2 aromatic carbocycles. The van der Waals surface area contributed by atoms with Gasteiger partial charge >= 0.3 is 0 Å². The van der Waals surface area contributed by atoms with Crippen LogP contribution in [0, 0.1) is 5.92 Å². The Balaban J connectivity index is 1.84. The quantitative estimate of drug-likeness (QED) is 0.885. The standard InChI is InChI=1S/C17H20N2O2/c1-21-16-9-8-14(12-4-2-3-5-13(12)16)17(20)19-10-15(18)11-6-7-11/h2-5,8-9,11,15H,6-7,10,18H2,1H3,(H,19,20).